The summed E-state index contributed by atoms with van der Waals surface area (Å²) in [5.74, 6) is 0.789. The number of fused-ring (bicyclic) bond motifs is 1. The van der Waals surface area contributed by atoms with Gasteiger partial charge in [0.2, 0.25) is 0 Å². The van der Waals surface area contributed by atoms with Crippen molar-refractivity contribution in [2.45, 2.75) is 57.2 Å². The Bertz CT molecular complexity index is 530. The van der Waals surface area contributed by atoms with Gasteiger partial charge in [0.25, 0.3) is 5.19 Å². The summed E-state index contributed by atoms with van der Waals surface area (Å²) in [7, 11) is 0. The first-order valence-corrected chi connectivity index (χ1v) is 9.87. The average molecular weight is 377 g/mol. The first kappa shape index (κ1) is 18.9. The summed E-state index contributed by atoms with van der Waals surface area (Å²) in [6.45, 7) is 1.69. The van der Waals surface area contributed by atoms with Gasteiger partial charge in [0.05, 0.1) is 5.69 Å². The molecule has 0 atom stereocenters. The van der Waals surface area contributed by atoms with Crippen molar-refractivity contribution in [1.82, 2.24) is 9.88 Å². The number of hydrogen-bond acceptors (Lipinski definition) is 5. The minimum Gasteiger partial charge on any atom is -0.460 e. The SMILES string of the molecule is N[C@H]1CC[C@H](CCN2CCc3nc(OCC(F)(F)F)sc3CC2)CC1. The van der Waals surface area contributed by atoms with Crippen molar-refractivity contribution in [2.24, 2.45) is 11.7 Å². The Labute approximate surface area is 150 Å². The first-order valence-electron chi connectivity index (χ1n) is 9.05. The molecule has 8 heteroatoms. The second kappa shape index (κ2) is 8.22. The number of nitrogens with zero attached hydrogens (tertiary/aromatic N) is 2. The van der Waals surface area contributed by atoms with Crippen molar-refractivity contribution in [3.05, 3.63) is 10.6 Å². The van der Waals surface area contributed by atoms with E-state index >= 15 is 0 Å². The summed E-state index contributed by atoms with van der Waals surface area (Å²) < 4.78 is 41.5. The maximum atomic E-state index is 12.2. The minimum absolute atomic E-state index is 0.148. The largest absolute Gasteiger partial charge is 0.460 e. The molecule has 2 heterocycles. The van der Waals surface area contributed by atoms with Gasteiger partial charge in [-0.1, -0.05) is 11.3 Å². The highest BCUT2D eigenvalue weighted by molar-refractivity contribution is 7.13. The van der Waals surface area contributed by atoms with E-state index in [4.69, 9.17) is 10.5 Å². The fraction of sp³-hybridized carbons (Fsp3) is 0.824. The molecule has 0 amide bonds. The average Bonchev–Trinajstić information content (AvgIpc) is 2.86. The molecular formula is C17H26F3N3OS. The van der Waals surface area contributed by atoms with Crippen molar-refractivity contribution < 1.29 is 17.9 Å². The van der Waals surface area contributed by atoms with Crippen molar-refractivity contribution in [1.29, 1.82) is 0 Å². The number of nitrogens with two attached hydrogens (primary N) is 1. The van der Waals surface area contributed by atoms with E-state index in [9.17, 15) is 13.2 Å². The van der Waals surface area contributed by atoms with Crippen LogP contribution in [0.5, 0.6) is 5.19 Å². The second-order valence-corrected chi connectivity index (χ2v) is 8.21. The summed E-state index contributed by atoms with van der Waals surface area (Å²) >= 11 is 1.26. The lowest BCUT2D eigenvalue weighted by molar-refractivity contribution is -0.153. The number of hydrogen-bond donors (Lipinski definition) is 1. The highest BCUT2D eigenvalue weighted by Gasteiger charge is 2.29. The van der Waals surface area contributed by atoms with Crippen LogP contribution in [0.1, 0.15) is 42.7 Å². The minimum atomic E-state index is -4.32. The number of thiazole rings is 1. The Hall–Kier alpha value is -0.860. The van der Waals surface area contributed by atoms with E-state index in [-0.39, 0.29) is 5.19 Å². The summed E-state index contributed by atoms with van der Waals surface area (Å²) in [5, 5.41) is 0.148. The smallest absolute Gasteiger partial charge is 0.422 e. The van der Waals surface area contributed by atoms with Gasteiger partial charge in [0.1, 0.15) is 0 Å². The summed E-state index contributed by atoms with van der Waals surface area (Å²) in [6, 6.07) is 0.394. The second-order valence-electron chi connectivity index (χ2n) is 7.16. The standard InChI is InChI=1S/C17H26F3N3OS/c18-17(19,20)11-24-16-22-14-6-9-23(10-7-15(14)25-16)8-5-12-1-3-13(21)4-2-12/h12-13H,1-11,21H2/t12-,13-. The lowest BCUT2D eigenvalue weighted by Gasteiger charge is -2.28. The van der Waals surface area contributed by atoms with Gasteiger partial charge in [0, 0.05) is 30.4 Å². The van der Waals surface area contributed by atoms with E-state index in [0.717, 1.165) is 61.8 Å². The zero-order valence-corrected chi connectivity index (χ0v) is 15.2. The maximum absolute atomic E-state index is 12.2. The van der Waals surface area contributed by atoms with Crippen LogP contribution in [0.3, 0.4) is 0 Å². The van der Waals surface area contributed by atoms with E-state index in [2.05, 4.69) is 9.88 Å². The zero-order chi connectivity index (χ0) is 17.9. The lowest BCUT2D eigenvalue weighted by Crippen LogP contribution is -2.31. The molecule has 1 fully saturated rings. The molecule has 1 aliphatic heterocycles. The Balaban J connectivity index is 1.44. The zero-order valence-electron chi connectivity index (χ0n) is 14.4. The quantitative estimate of drug-likeness (QED) is 0.855. The molecule has 1 saturated carbocycles. The molecular weight excluding hydrogens is 351 g/mol. The molecule has 0 bridgehead atoms. The molecule has 0 spiro atoms. The fourth-order valence-corrected chi connectivity index (χ4v) is 4.60. The molecule has 0 aromatic carbocycles. The molecule has 4 nitrogen and oxygen atoms in total. The number of ether oxygens (including phenoxy) is 1. The number of halogens is 3. The van der Waals surface area contributed by atoms with Gasteiger partial charge in [-0.15, -0.1) is 0 Å². The fourth-order valence-electron chi connectivity index (χ4n) is 3.66. The van der Waals surface area contributed by atoms with Gasteiger partial charge in [0.15, 0.2) is 6.61 Å². The van der Waals surface area contributed by atoms with Crippen LogP contribution in [-0.4, -0.2) is 48.3 Å². The Kier molecular flexibility index (Phi) is 6.22. The van der Waals surface area contributed by atoms with Gasteiger partial charge < -0.3 is 15.4 Å². The molecule has 2 aliphatic rings. The van der Waals surface area contributed by atoms with E-state index in [1.54, 1.807) is 0 Å². The van der Waals surface area contributed by atoms with Crippen molar-refractivity contribution >= 4 is 11.3 Å². The molecule has 2 N–H and O–H groups in total. The van der Waals surface area contributed by atoms with Crippen LogP contribution in [0, 0.1) is 5.92 Å². The molecule has 3 rings (SSSR count). The van der Waals surface area contributed by atoms with Crippen molar-refractivity contribution in [3.63, 3.8) is 0 Å². The third-order valence-electron chi connectivity index (χ3n) is 5.18. The third-order valence-corrected chi connectivity index (χ3v) is 6.25. The molecule has 1 aliphatic carbocycles. The Morgan fingerprint density at radius 1 is 1.16 bits per heavy atom. The van der Waals surface area contributed by atoms with Crippen LogP contribution < -0.4 is 10.5 Å². The molecule has 1 aromatic rings. The maximum Gasteiger partial charge on any atom is 0.422 e. The topological polar surface area (TPSA) is 51.4 Å². The van der Waals surface area contributed by atoms with E-state index in [0.29, 0.717) is 6.04 Å². The lowest BCUT2D eigenvalue weighted by atomic mass is 9.84. The monoisotopic (exact) mass is 377 g/mol. The third kappa shape index (κ3) is 5.82. The van der Waals surface area contributed by atoms with Gasteiger partial charge in [-0.3, -0.25) is 0 Å². The Morgan fingerprint density at radius 2 is 1.88 bits per heavy atom. The molecule has 0 radical (unpaired) electrons. The molecule has 1 aromatic heterocycles. The summed E-state index contributed by atoms with van der Waals surface area (Å²) in [6.07, 6.45) is 3.30. The molecule has 25 heavy (non-hydrogen) atoms. The highest BCUT2D eigenvalue weighted by Crippen LogP contribution is 2.30. The molecule has 0 unspecified atom stereocenters. The van der Waals surface area contributed by atoms with E-state index in [1.807, 2.05) is 0 Å². The molecule has 142 valence electrons. The number of aromatic nitrogens is 1. The Morgan fingerprint density at radius 3 is 2.60 bits per heavy atom. The van der Waals surface area contributed by atoms with E-state index < -0.39 is 12.8 Å². The van der Waals surface area contributed by atoms with Gasteiger partial charge in [-0.25, -0.2) is 4.98 Å². The summed E-state index contributed by atoms with van der Waals surface area (Å²) in [5.41, 5.74) is 6.87. The predicted octanol–water partition coefficient (Wildman–Crippen LogP) is 3.39. The summed E-state index contributed by atoms with van der Waals surface area (Å²) in [4.78, 5) is 7.79. The van der Waals surface area contributed by atoms with Crippen LogP contribution in [-0.2, 0) is 12.8 Å². The van der Waals surface area contributed by atoms with Crippen LogP contribution in [0.15, 0.2) is 0 Å². The van der Waals surface area contributed by atoms with Crippen LogP contribution in [0.4, 0.5) is 13.2 Å². The highest BCUT2D eigenvalue weighted by atomic mass is 32.1. The van der Waals surface area contributed by atoms with Crippen LogP contribution >= 0.6 is 11.3 Å². The van der Waals surface area contributed by atoms with Crippen molar-refractivity contribution in [2.75, 3.05) is 26.2 Å². The van der Waals surface area contributed by atoms with Gasteiger partial charge in [-0.05, 0) is 51.0 Å². The predicted molar refractivity (Wildman–Crippen MR) is 92.1 cm³/mol. The van der Waals surface area contributed by atoms with E-state index in [1.165, 1.54) is 30.6 Å². The normalized spacial score (nSPS) is 25.4. The van der Waals surface area contributed by atoms with Crippen molar-refractivity contribution in [3.8, 4) is 5.19 Å². The first-order chi connectivity index (χ1) is 11.9. The number of alkyl halides is 3. The van der Waals surface area contributed by atoms with Crippen LogP contribution in [0.25, 0.3) is 0 Å². The van der Waals surface area contributed by atoms with Gasteiger partial charge in [-0.2, -0.15) is 13.2 Å². The molecule has 0 saturated heterocycles. The van der Waals surface area contributed by atoms with Crippen LogP contribution in [0.2, 0.25) is 0 Å². The number of rotatable bonds is 5. The van der Waals surface area contributed by atoms with Gasteiger partial charge >= 0.3 is 6.18 Å².